The molecule has 0 aliphatic carbocycles. The predicted molar refractivity (Wildman–Crippen MR) is 82.8 cm³/mol. The zero-order valence-corrected chi connectivity index (χ0v) is 12.2. The Bertz CT molecular complexity index is 627. The van der Waals surface area contributed by atoms with E-state index in [9.17, 15) is 9.59 Å². The van der Waals surface area contributed by atoms with E-state index in [1.807, 2.05) is 6.07 Å². The number of hydrogen-bond donors (Lipinski definition) is 2. The second-order valence-electron chi connectivity index (χ2n) is 4.51. The molecule has 22 heavy (non-hydrogen) atoms. The minimum atomic E-state index is -0.195. The van der Waals surface area contributed by atoms with Crippen LogP contribution < -0.4 is 15.4 Å². The molecule has 0 unspecified atom stereocenters. The number of rotatable bonds is 6. The Labute approximate surface area is 128 Å². The molecule has 0 radical (unpaired) electrons. The standard InChI is InChI=1S/C16H17N3O3/c1-22-15-8-7-13(11-18-15)19-14(20)9-10-17-16(21)12-5-3-2-4-6-12/h2-8,11H,9-10H2,1H3,(H,17,21)(H,19,20). The second-order valence-corrected chi connectivity index (χ2v) is 4.51. The zero-order chi connectivity index (χ0) is 15.8. The van der Waals surface area contributed by atoms with Gasteiger partial charge in [-0.1, -0.05) is 18.2 Å². The molecule has 0 aliphatic heterocycles. The van der Waals surface area contributed by atoms with Crippen LogP contribution in [0, 0.1) is 0 Å². The van der Waals surface area contributed by atoms with Gasteiger partial charge in [0.25, 0.3) is 5.91 Å². The lowest BCUT2D eigenvalue weighted by molar-refractivity contribution is -0.116. The average Bonchev–Trinajstić information content (AvgIpc) is 2.56. The van der Waals surface area contributed by atoms with Gasteiger partial charge in [0, 0.05) is 24.6 Å². The molecule has 0 saturated heterocycles. The number of pyridine rings is 1. The van der Waals surface area contributed by atoms with Crippen molar-refractivity contribution in [1.29, 1.82) is 0 Å². The van der Waals surface area contributed by atoms with Crippen LogP contribution in [-0.4, -0.2) is 30.5 Å². The minimum absolute atomic E-state index is 0.185. The number of ether oxygens (including phenoxy) is 1. The first kappa shape index (κ1) is 15.5. The highest BCUT2D eigenvalue weighted by Crippen LogP contribution is 2.10. The number of carbonyl (C=O) groups is 2. The molecule has 2 rings (SSSR count). The third-order valence-electron chi connectivity index (χ3n) is 2.90. The van der Waals surface area contributed by atoms with E-state index in [0.717, 1.165) is 0 Å². The smallest absolute Gasteiger partial charge is 0.251 e. The quantitative estimate of drug-likeness (QED) is 0.853. The van der Waals surface area contributed by atoms with E-state index in [4.69, 9.17) is 4.74 Å². The fourth-order valence-electron chi connectivity index (χ4n) is 1.78. The molecule has 2 amide bonds. The van der Waals surface area contributed by atoms with Gasteiger partial charge in [0.1, 0.15) is 0 Å². The lowest BCUT2D eigenvalue weighted by atomic mass is 10.2. The number of carbonyl (C=O) groups excluding carboxylic acids is 2. The molecule has 0 atom stereocenters. The molecule has 1 aromatic carbocycles. The van der Waals surface area contributed by atoms with Crippen molar-refractivity contribution >= 4 is 17.5 Å². The maximum atomic E-state index is 11.8. The number of anilines is 1. The highest BCUT2D eigenvalue weighted by Gasteiger charge is 2.06. The van der Waals surface area contributed by atoms with E-state index in [2.05, 4.69) is 15.6 Å². The first-order chi connectivity index (χ1) is 10.7. The summed E-state index contributed by atoms with van der Waals surface area (Å²) in [6.45, 7) is 0.267. The first-order valence-electron chi connectivity index (χ1n) is 6.82. The molecule has 0 bridgehead atoms. The van der Waals surface area contributed by atoms with Crippen molar-refractivity contribution < 1.29 is 14.3 Å². The number of hydrogen-bond acceptors (Lipinski definition) is 4. The van der Waals surface area contributed by atoms with Crippen LogP contribution in [0.15, 0.2) is 48.7 Å². The predicted octanol–water partition coefficient (Wildman–Crippen LogP) is 1.85. The Hall–Kier alpha value is -2.89. The lowest BCUT2D eigenvalue weighted by Gasteiger charge is -2.07. The minimum Gasteiger partial charge on any atom is -0.481 e. The summed E-state index contributed by atoms with van der Waals surface area (Å²) in [6.07, 6.45) is 1.70. The fraction of sp³-hybridized carbons (Fsp3) is 0.188. The van der Waals surface area contributed by atoms with Crippen LogP contribution in [-0.2, 0) is 4.79 Å². The van der Waals surface area contributed by atoms with Crippen molar-refractivity contribution in [3.8, 4) is 5.88 Å². The van der Waals surface area contributed by atoms with Gasteiger partial charge in [0.2, 0.25) is 11.8 Å². The third kappa shape index (κ3) is 4.59. The van der Waals surface area contributed by atoms with Crippen molar-refractivity contribution in [2.75, 3.05) is 19.0 Å². The average molecular weight is 299 g/mol. The number of nitrogens with one attached hydrogen (secondary N) is 2. The topological polar surface area (TPSA) is 80.3 Å². The van der Waals surface area contributed by atoms with Crippen LogP contribution in [0.5, 0.6) is 5.88 Å². The molecule has 0 saturated carbocycles. The van der Waals surface area contributed by atoms with Crippen LogP contribution in [0.1, 0.15) is 16.8 Å². The summed E-state index contributed by atoms with van der Waals surface area (Å²) >= 11 is 0. The molecule has 6 nitrogen and oxygen atoms in total. The van der Waals surface area contributed by atoms with Gasteiger partial charge in [-0.2, -0.15) is 0 Å². The number of aromatic nitrogens is 1. The zero-order valence-electron chi connectivity index (χ0n) is 12.2. The van der Waals surface area contributed by atoms with Gasteiger partial charge in [0.15, 0.2) is 0 Å². The monoisotopic (exact) mass is 299 g/mol. The van der Waals surface area contributed by atoms with E-state index in [-0.39, 0.29) is 24.8 Å². The number of benzene rings is 1. The fourth-order valence-corrected chi connectivity index (χ4v) is 1.78. The van der Waals surface area contributed by atoms with Crippen LogP contribution in [0.25, 0.3) is 0 Å². The number of nitrogens with zero attached hydrogens (tertiary/aromatic N) is 1. The highest BCUT2D eigenvalue weighted by atomic mass is 16.5. The van der Waals surface area contributed by atoms with Gasteiger partial charge < -0.3 is 15.4 Å². The maximum Gasteiger partial charge on any atom is 0.251 e. The number of amides is 2. The summed E-state index contributed by atoms with van der Waals surface area (Å²) in [6, 6.07) is 12.2. The molecule has 2 aromatic rings. The first-order valence-corrected chi connectivity index (χ1v) is 6.82. The largest absolute Gasteiger partial charge is 0.481 e. The number of methoxy groups -OCH3 is 1. The second kappa shape index (κ2) is 7.78. The summed E-state index contributed by atoms with van der Waals surface area (Å²) < 4.78 is 4.94. The van der Waals surface area contributed by atoms with Crippen molar-refractivity contribution in [2.45, 2.75) is 6.42 Å². The molecule has 2 N–H and O–H groups in total. The van der Waals surface area contributed by atoms with Crippen LogP contribution in [0.3, 0.4) is 0 Å². The summed E-state index contributed by atoms with van der Waals surface area (Å²) in [5.74, 6) is 0.0907. The van der Waals surface area contributed by atoms with Crippen molar-refractivity contribution in [2.24, 2.45) is 0 Å². The van der Waals surface area contributed by atoms with Crippen molar-refractivity contribution in [3.63, 3.8) is 0 Å². The summed E-state index contributed by atoms with van der Waals surface area (Å²) in [4.78, 5) is 27.5. The van der Waals surface area contributed by atoms with Gasteiger partial charge >= 0.3 is 0 Å². The Morgan fingerprint density at radius 2 is 1.91 bits per heavy atom. The lowest BCUT2D eigenvalue weighted by Crippen LogP contribution is -2.27. The molecule has 1 heterocycles. The van der Waals surface area contributed by atoms with Gasteiger partial charge in [-0.3, -0.25) is 9.59 Å². The summed E-state index contributed by atoms with van der Waals surface area (Å²) in [7, 11) is 1.52. The van der Waals surface area contributed by atoms with Gasteiger partial charge in [-0.15, -0.1) is 0 Å². The van der Waals surface area contributed by atoms with E-state index in [1.54, 1.807) is 36.4 Å². The normalized spacial score (nSPS) is 9.86. The molecular formula is C16H17N3O3. The molecule has 0 fully saturated rings. The summed E-state index contributed by atoms with van der Waals surface area (Å²) in [5, 5.41) is 5.40. The van der Waals surface area contributed by atoms with Crippen molar-refractivity contribution in [1.82, 2.24) is 10.3 Å². The third-order valence-corrected chi connectivity index (χ3v) is 2.90. The van der Waals surface area contributed by atoms with E-state index in [0.29, 0.717) is 17.1 Å². The molecule has 114 valence electrons. The van der Waals surface area contributed by atoms with Crippen LogP contribution in [0.4, 0.5) is 5.69 Å². The molecular weight excluding hydrogens is 282 g/mol. The van der Waals surface area contributed by atoms with E-state index in [1.165, 1.54) is 13.3 Å². The Kier molecular flexibility index (Phi) is 5.48. The van der Waals surface area contributed by atoms with E-state index >= 15 is 0 Å². The van der Waals surface area contributed by atoms with Gasteiger partial charge in [0.05, 0.1) is 19.0 Å². The SMILES string of the molecule is COc1ccc(NC(=O)CCNC(=O)c2ccccc2)cn1. The van der Waals surface area contributed by atoms with Gasteiger partial charge in [-0.25, -0.2) is 4.98 Å². The highest BCUT2D eigenvalue weighted by molar-refractivity contribution is 5.95. The van der Waals surface area contributed by atoms with E-state index < -0.39 is 0 Å². The van der Waals surface area contributed by atoms with Crippen LogP contribution >= 0.6 is 0 Å². The van der Waals surface area contributed by atoms with Crippen LogP contribution in [0.2, 0.25) is 0 Å². The summed E-state index contributed by atoms with van der Waals surface area (Å²) in [5.41, 5.74) is 1.16. The molecule has 1 aromatic heterocycles. The molecule has 6 heteroatoms. The maximum absolute atomic E-state index is 11.8. The Balaban J connectivity index is 1.74. The van der Waals surface area contributed by atoms with Gasteiger partial charge in [-0.05, 0) is 18.2 Å². The molecule has 0 aliphatic rings. The molecule has 0 spiro atoms. The van der Waals surface area contributed by atoms with Crippen molar-refractivity contribution in [3.05, 3.63) is 54.2 Å². The Morgan fingerprint density at radius 3 is 2.55 bits per heavy atom. The Morgan fingerprint density at radius 1 is 1.14 bits per heavy atom.